The molecule has 0 radical (unpaired) electrons. The van der Waals surface area contributed by atoms with Crippen molar-refractivity contribution >= 4 is 18.2 Å². The maximum absolute atomic E-state index is 13.1. The highest BCUT2D eigenvalue weighted by molar-refractivity contribution is 6.08. The molecule has 0 aliphatic carbocycles. The van der Waals surface area contributed by atoms with Crippen LogP contribution >= 0.6 is 12.4 Å². The van der Waals surface area contributed by atoms with Gasteiger partial charge in [0.1, 0.15) is 18.2 Å². The van der Waals surface area contributed by atoms with Crippen LogP contribution in [-0.4, -0.2) is 18.9 Å². The topological polar surface area (TPSA) is 52.3 Å². The van der Waals surface area contributed by atoms with Crippen LogP contribution in [0.4, 0.5) is 4.39 Å². The molecule has 0 fully saturated rings. The summed E-state index contributed by atoms with van der Waals surface area (Å²) in [6.45, 7) is -0.0249. The zero-order valence-corrected chi connectivity index (χ0v) is 12.7. The van der Waals surface area contributed by atoms with Gasteiger partial charge in [-0.05, 0) is 30.3 Å². The number of ether oxygens (including phenoxy) is 1. The Morgan fingerprint density at radius 1 is 1.05 bits per heavy atom. The number of rotatable bonds is 6. The van der Waals surface area contributed by atoms with E-state index in [-0.39, 0.29) is 31.3 Å². The predicted octanol–water partition coefficient (Wildman–Crippen LogP) is 3.53. The van der Waals surface area contributed by atoms with E-state index >= 15 is 0 Å². The molecule has 0 amide bonds. The third kappa shape index (κ3) is 4.98. The van der Waals surface area contributed by atoms with Crippen LogP contribution in [0.2, 0.25) is 0 Å². The molecule has 116 valence electrons. The van der Waals surface area contributed by atoms with Gasteiger partial charge in [-0.25, -0.2) is 4.39 Å². The molecule has 2 N–H and O–H groups in total. The fraction of sp³-hybridized carbons (Fsp3) is 0.118. The maximum atomic E-state index is 13.1. The zero-order chi connectivity index (χ0) is 15.1. The Kier molecular flexibility index (Phi) is 7.29. The van der Waals surface area contributed by atoms with Crippen LogP contribution < -0.4 is 10.5 Å². The summed E-state index contributed by atoms with van der Waals surface area (Å²) in [6.07, 6.45) is 1.26. The van der Waals surface area contributed by atoms with Crippen LogP contribution in [0.1, 0.15) is 15.9 Å². The summed E-state index contributed by atoms with van der Waals surface area (Å²) in [4.78, 5) is 12.2. The lowest BCUT2D eigenvalue weighted by molar-refractivity contribution is 0.103. The number of ketones is 1. The van der Waals surface area contributed by atoms with E-state index in [1.54, 1.807) is 36.4 Å². The van der Waals surface area contributed by atoms with Crippen LogP contribution in [0.5, 0.6) is 5.75 Å². The second kappa shape index (κ2) is 8.97. The van der Waals surface area contributed by atoms with Crippen LogP contribution in [0, 0.1) is 0 Å². The van der Waals surface area contributed by atoms with E-state index in [1.165, 1.54) is 6.08 Å². The molecular weight excluding hydrogens is 305 g/mol. The van der Waals surface area contributed by atoms with Gasteiger partial charge < -0.3 is 10.5 Å². The number of benzene rings is 2. The van der Waals surface area contributed by atoms with Gasteiger partial charge in [0.05, 0.1) is 0 Å². The summed E-state index contributed by atoms with van der Waals surface area (Å²) < 4.78 is 18.4. The first-order valence-electron chi connectivity index (χ1n) is 6.58. The average Bonchev–Trinajstić information content (AvgIpc) is 2.54. The molecule has 0 aliphatic rings. The highest BCUT2D eigenvalue weighted by Crippen LogP contribution is 2.16. The third-order valence-electron chi connectivity index (χ3n) is 2.87. The molecule has 0 saturated carbocycles. The van der Waals surface area contributed by atoms with E-state index in [9.17, 15) is 9.18 Å². The van der Waals surface area contributed by atoms with Gasteiger partial charge in [-0.3, -0.25) is 4.79 Å². The summed E-state index contributed by atoms with van der Waals surface area (Å²) in [7, 11) is 0. The van der Waals surface area contributed by atoms with Crippen LogP contribution in [0.15, 0.2) is 66.5 Å². The Morgan fingerprint density at radius 3 is 2.23 bits per heavy atom. The van der Waals surface area contributed by atoms with E-state index < -0.39 is 5.83 Å². The first kappa shape index (κ1) is 17.9. The van der Waals surface area contributed by atoms with Crippen molar-refractivity contribution in [3.05, 3.63) is 77.6 Å². The standard InChI is InChI=1S/C17H16FNO2.ClH/c18-15(10-11-19)12-21-16-8-6-14(7-9-16)17(20)13-4-2-1-3-5-13;/h1-10H,11-12,19H2;1H. The molecule has 2 rings (SSSR count). The fourth-order valence-electron chi connectivity index (χ4n) is 1.80. The molecule has 2 aromatic rings. The highest BCUT2D eigenvalue weighted by atomic mass is 35.5. The second-order valence-electron chi connectivity index (χ2n) is 4.39. The van der Waals surface area contributed by atoms with Crippen molar-refractivity contribution in [2.75, 3.05) is 13.2 Å². The minimum atomic E-state index is -0.415. The van der Waals surface area contributed by atoms with Crippen molar-refractivity contribution < 1.29 is 13.9 Å². The Morgan fingerprint density at radius 2 is 1.64 bits per heavy atom. The monoisotopic (exact) mass is 321 g/mol. The Balaban J connectivity index is 0.00000242. The van der Waals surface area contributed by atoms with Crippen molar-refractivity contribution in [3.8, 4) is 5.75 Å². The summed E-state index contributed by atoms with van der Waals surface area (Å²) >= 11 is 0. The Hall–Kier alpha value is -2.17. The lowest BCUT2D eigenvalue weighted by Crippen LogP contribution is -2.03. The van der Waals surface area contributed by atoms with Crippen molar-refractivity contribution in [2.45, 2.75) is 0 Å². The van der Waals surface area contributed by atoms with E-state index in [0.717, 1.165) is 0 Å². The first-order valence-corrected chi connectivity index (χ1v) is 6.58. The number of halogens is 2. The number of hydrogen-bond donors (Lipinski definition) is 1. The summed E-state index contributed by atoms with van der Waals surface area (Å²) in [5.74, 6) is 0.0264. The molecule has 3 nitrogen and oxygen atoms in total. The van der Waals surface area contributed by atoms with Crippen molar-refractivity contribution in [2.24, 2.45) is 5.73 Å². The third-order valence-corrected chi connectivity index (χ3v) is 2.87. The molecule has 0 bridgehead atoms. The quantitative estimate of drug-likeness (QED) is 0.828. The summed E-state index contributed by atoms with van der Waals surface area (Å²) in [5, 5.41) is 0. The maximum Gasteiger partial charge on any atom is 0.193 e. The van der Waals surface area contributed by atoms with E-state index in [1.807, 2.05) is 18.2 Å². The molecular formula is C17H17ClFNO2. The number of hydrogen-bond acceptors (Lipinski definition) is 3. The largest absolute Gasteiger partial charge is 0.487 e. The number of carbonyl (C=O) groups excluding carboxylic acids is 1. The lowest BCUT2D eigenvalue weighted by Gasteiger charge is -2.06. The van der Waals surface area contributed by atoms with Gasteiger partial charge in [0.2, 0.25) is 0 Å². The average molecular weight is 322 g/mol. The molecule has 22 heavy (non-hydrogen) atoms. The van der Waals surface area contributed by atoms with Crippen LogP contribution in [-0.2, 0) is 0 Å². The van der Waals surface area contributed by atoms with Gasteiger partial charge in [0, 0.05) is 17.7 Å². The number of nitrogens with two attached hydrogens (primary N) is 1. The van der Waals surface area contributed by atoms with Crippen molar-refractivity contribution in [1.82, 2.24) is 0 Å². The van der Waals surface area contributed by atoms with Gasteiger partial charge in [0.15, 0.2) is 5.78 Å². The first-order chi connectivity index (χ1) is 10.2. The van der Waals surface area contributed by atoms with Gasteiger partial charge in [-0.1, -0.05) is 30.3 Å². The lowest BCUT2D eigenvalue weighted by atomic mass is 10.0. The molecule has 0 unspecified atom stereocenters. The molecule has 0 aromatic heterocycles. The summed E-state index contributed by atoms with van der Waals surface area (Å²) in [5.41, 5.74) is 6.39. The normalized spacial score (nSPS) is 10.7. The fourth-order valence-corrected chi connectivity index (χ4v) is 1.80. The van der Waals surface area contributed by atoms with Gasteiger partial charge in [0.25, 0.3) is 0 Å². The van der Waals surface area contributed by atoms with E-state index in [2.05, 4.69) is 0 Å². The highest BCUT2D eigenvalue weighted by Gasteiger charge is 2.08. The molecule has 0 aliphatic heterocycles. The minimum Gasteiger partial charge on any atom is -0.487 e. The molecule has 2 aromatic carbocycles. The van der Waals surface area contributed by atoms with Gasteiger partial charge >= 0.3 is 0 Å². The van der Waals surface area contributed by atoms with Gasteiger partial charge in [-0.2, -0.15) is 0 Å². The van der Waals surface area contributed by atoms with E-state index in [0.29, 0.717) is 16.9 Å². The smallest absolute Gasteiger partial charge is 0.193 e. The van der Waals surface area contributed by atoms with Crippen molar-refractivity contribution in [3.63, 3.8) is 0 Å². The van der Waals surface area contributed by atoms with Crippen LogP contribution in [0.3, 0.4) is 0 Å². The zero-order valence-electron chi connectivity index (χ0n) is 11.9. The molecule has 5 heteroatoms. The molecule has 0 heterocycles. The van der Waals surface area contributed by atoms with E-state index in [4.69, 9.17) is 10.5 Å². The summed E-state index contributed by atoms with van der Waals surface area (Å²) in [6, 6.07) is 15.6. The SMILES string of the molecule is Cl.NCC=C(F)COc1ccc(C(=O)c2ccccc2)cc1. The van der Waals surface area contributed by atoms with Crippen LogP contribution in [0.25, 0.3) is 0 Å². The Bertz CT molecular complexity index is 627. The predicted molar refractivity (Wildman–Crippen MR) is 87.3 cm³/mol. The second-order valence-corrected chi connectivity index (χ2v) is 4.39. The minimum absolute atomic E-state index is 0. The Labute approximate surface area is 135 Å². The molecule has 0 atom stereocenters. The number of carbonyl (C=O) groups is 1. The molecule has 0 saturated heterocycles. The molecule has 0 spiro atoms. The van der Waals surface area contributed by atoms with Gasteiger partial charge in [-0.15, -0.1) is 12.4 Å². The van der Waals surface area contributed by atoms with Crippen molar-refractivity contribution in [1.29, 1.82) is 0 Å².